The quantitative estimate of drug-likeness (QED) is 0.797. The van der Waals surface area contributed by atoms with Crippen molar-refractivity contribution in [3.8, 4) is 5.88 Å². The number of nitrogens with one attached hydrogen (secondary N) is 2. The number of thiophene rings is 1. The highest BCUT2D eigenvalue weighted by Crippen LogP contribution is 2.18. The number of carbonyl (C=O) groups is 1. The zero-order valence-electron chi connectivity index (χ0n) is 12.8. The first-order valence-corrected chi connectivity index (χ1v) is 7.94. The van der Waals surface area contributed by atoms with Crippen LogP contribution in [-0.4, -0.2) is 29.7 Å². The summed E-state index contributed by atoms with van der Waals surface area (Å²) in [6.45, 7) is 0.733. The first-order chi connectivity index (χ1) is 11.3. The van der Waals surface area contributed by atoms with E-state index < -0.39 is 18.8 Å². The largest absolute Gasteiger partial charge is 0.468 e. The predicted molar refractivity (Wildman–Crippen MR) is 85.0 cm³/mol. The van der Waals surface area contributed by atoms with Crippen molar-refractivity contribution in [2.75, 3.05) is 11.9 Å². The number of halogens is 3. The highest BCUT2D eigenvalue weighted by Gasteiger charge is 2.28. The van der Waals surface area contributed by atoms with E-state index in [-0.39, 0.29) is 11.8 Å². The van der Waals surface area contributed by atoms with Gasteiger partial charge in [-0.15, -0.1) is 11.3 Å². The molecule has 0 aliphatic carbocycles. The van der Waals surface area contributed by atoms with Gasteiger partial charge in [-0.1, -0.05) is 6.07 Å². The fourth-order valence-electron chi connectivity index (χ4n) is 1.76. The van der Waals surface area contributed by atoms with E-state index in [2.05, 4.69) is 20.4 Å². The topological polar surface area (TPSA) is 63.2 Å². The van der Waals surface area contributed by atoms with E-state index >= 15 is 0 Å². The summed E-state index contributed by atoms with van der Waals surface area (Å²) in [5, 5.41) is 7.64. The molecule has 24 heavy (non-hydrogen) atoms. The second-order valence-corrected chi connectivity index (χ2v) is 5.98. The van der Waals surface area contributed by atoms with Gasteiger partial charge in [0.1, 0.15) is 6.04 Å². The Morgan fingerprint density at radius 3 is 2.75 bits per heavy atom. The van der Waals surface area contributed by atoms with Gasteiger partial charge in [-0.05, 0) is 24.4 Å². The molecule has 1 unspecified atom stereocenters. The Labute approximate surface area is 140 Å². The number of pyridine rings is 1. The summed E-state index contributed by atoms with van der Waals surface area (Å²) >= 11 is 1.55. The van der Waals surface area contributed by atoms with Gasteiger partial charge < -0.3 is 15.4 Å². The van der Waals surface area contributed by atoms with E-state index in [4.69, 9.17) is 0 Å². The maximum absolute atomic E-state index is 12.0. The lowest BCUT2D eigenvalue weighted by molar-refractivity contribution is -0.154. The van der Waals surface area contributed by atoms with Crippen LogP contribution < -0.4 is 15.4 Å². The van der Waals surface area contributed by atoms with Gasteiger partial charge in [-0.25, -0.2) is 4.98 Å². The van der Waals surface area contributed by atoms with E-state index in [9.17, 15) is 18.0 Å². The summed E-state index contributed by atoms with van der Waals surface area (Å²) in [6, 6.07) is 6.12. The van der Waals surface area contributed by atoms with Crippen LogP contribution in [0, 0.1) is 0 Å². The maximum atomic E-state index is 12.0. The third-order valence-corrected chi connectivity index (χ3v) is 3.79. The number of nitrogens with zero attached hydrogens (tertiary/aromatic N) is 1. The maximum Gasteiger partial charge on any atom is 0.422 e. The lowest BCUT2D eigenvalue weighted by Crippen LogP contribution is -2.37. The molecule has 0 aliphatic heterocycles. The molecule has 0 fully saturated rings. The number of alkyl halides is 3. The average Bonchev–Trinajstić information content (AvgIpc) is 3.04. The van der Waals surface area contributed by atoms with Crippen molar-refractivity contribution in [3.05, 3.63) is 40.7 Å². The summed E-state index contributed by atoms with van der Waals surface area (Å²) in [4.78, 5) is 16.8. The number of aromatic nitrogens is 1. The van der Waals surface area contributed by atoms with Crippen LogP contribution in [0.2, 0.25) is 0 Å². The molecule has 0 radical (unpaired) electrons. The molecule has 2 heterocycles. The molecule has 0 saturated heterocycles. The minimum Gasteiger partial charge on any atom is -0.468 e. The van der Waals surface area contributed by atoms with Crippen LogP contribution in [-0.2, 0) is 11.3 Å². The Morgan fingerprint density at radius 2 is 2.17 bits per heavy atom. The first-order valence-electron chi connectivity index (χ1n) is 7.06. The van der Waals surface area contributed by atoms with E-state index in [1.807, 2.05) is 17.5 Å². The molecule has 9 heteroatoms. The lowest BCUT2D eigenvalue weighted by atomic mass is 10.3. The van der Waals surface area contributed by atoms with Crippen LogP contribution in [0.15, 0.2) is 35.8 Å². The van der Waals surface area contributed by atoms with Gasteiger partial charge in [-0.2, -0.15) is 13.2 Å². The summed E-state index contributed by atoms with van der Waals surface area (Å²) in [5.41, 5.74) is 0.508. The third kappa shape index (κ3) is 6.07. The Morgan fingerprint density at radius 1 is 1.38 bits per heavy atom. The molecule has 130 valence electrons. The summed E-state index contributed by atoms with van der Waals surface area (Å²) < 4.78 is 40.7. The molecule has 0 bridgehead atoms. The highest BCUT2D eigenvalue weighted by atomic mass is 32.1. The smallest absolute Gasteiger partial charge is 0.422 e. The minimum absolute atomic E-state index is 0.132. The van der Waals surface area contributed by atoms with Crippen molar-refractivity contribution >= 4 is 22.9 Å². The molecule has 2 aromatic rings. The molecule has 0 aliphatic rings. The standard InChI is InChI=1S/C15H16F3N3O2S/c1-10(14(22)20-8-12-3-2-6-24-12)21-11-4-5-13(19-7-11)23-9-15(16,17)18/h2-7,10,21H,8-9H2,1H3,(H,20,22). The second-order valence-electron chi connectivity index (χ2n) is 4.95. The van der Waals surface area contributed by atoms with E-state index in [1.165, 1.54) is 18.3 Å². The number of amides is 1. The Kier molecular flexibility index (Phi) is 6.02. The molecule has 2 N–H and O–H groups in total. The summed E-state index contributed by atoms with van der Waals surface area (Å²) in [5.74, 6) is -0.325. The van der Waals surface area contributed by atoms with Crippen molar-refractivity contribution in [1.29, 1.82) is 0 Å². The zero-order valence-corrected chi connectivity index (χ0v) is 13.6. The van der Waals surface area contributed by atoms with Gasteiger partial charge in [0, 0.05) is 10.9 Å². The van der Waals surface area contributed by atoms with Crippen molar-refractivity contribution < 1.29 is 22.7 Å². The number of ether oxygens (including phenoxy) is 1. The highest BCUT2D eigenvalue weighted by molar-refractivity contribution is 7.09. The van der Waals surface area contributed by atoms with Gasteiger partial charge in [0.25, 0.3) is 0 Å². The fraction of sp³-hybridized carbons (Fsp3) is 0.333. The summed E-state index contributed by atoms with van der Waals surface area (Å²) in [6.07, 6.45) is -3.09. The molecule has 5 nitrogen and oxygen atoms in total. The Bertz CT molecular complexity index is 645. The van der Waals surface area contributed by atoms with Crippen molar-refractivity contribution in [2.24, 2.45) is 0 Å². The van der Waals surface area contributed by atoms with Crippen molar-refractivity contribution in [3.63, 3.8) is 0 Å². The Hall–Kier alpha value is -2.29. The molecule has 2 aromatic heterocycles. The van der Waals surface area contributed by atoms with Gasteiger partial charge in [0.05, 0.1) is 18.4 Å². The van der Waals surface area contributed by atoms with E-state index in [0.717, 1.165) is 4.88 Å². The molecule has 0 aromatic carbocycles. The van der Waals surface area contributed by atoms with Gasteiger partial charge in [0.2, 0.25) is 11.8 Å². The third-order valence-electron chi connectivity index (χ3n) is 2.91. The first kappa shape index (κ1) is 18.1. The minimum atomic E-state index is -4.41. The number of anilines is 1. The molecule has 1 amide bonds. The average molecular weight is 359 g/mol. The van der Waals surface area contributed by atoms with Crippen molar-refractivity contribution in [1.82, 2.24) is 10.3 Å². The van der Waals surface area contributed by atoms with Crippen LogP contribution in [0.25, 0.3) is 0 Å². The van der Waals surface area contributed by atoms with E-state index in [0.29, 0.717) is 12.2 Å². The second kappa shape index (κ2) is 8.00. The van der Waals surface area contributed by atoms with Crippen LogP contribution >= 0.6 is 11.3 Å². The molecule has 1 atom stereocenters. The molecule has 0 spiro atoms. The lowest BCUT2D eigenvalue weighted by Gasteiger charge is -2.15. The SMILES string of the molecule is CC(Nc1ccc(OCC(F)(F)F)nc1)C(=O)NCc1cccs1. The number of hydrogen-bond acceptors (Lipinski definition) is 5. The normalized spacial score (nSPS) is 12.5. The zero-order chi connectivity index (χ0) is 17.6. The monoisotopic (exact) mass is 359 g/mol. The van der Waals surface area contributed by atoms with Gasteiger partial charge in [0.15, 0.2) is 6.61 Å². The number of rotatable bonds is 7. The van der Waals surface area contributed by atoms with Gasteiger partial charge in [-0.3, -0.25) is 4.79 Å². The number of hydrogen-bond donors (Lipinski definition) is 2. The van der Waals surface area contributed by atoms with E-state index in [1.54, 1.807) is 18.3 Å². The molecular formula is C15H16F3N3O2S. The van der Waals surface area contributed by atoms with Gasteiger partial charge >= 0.3 is 6.18 Å². The number of carbonyl (C=O) groups excluding carboxylic acids is 1. The summed E-state index contributed by atoms with van der Waals surface area (Å²) in [7, 11) is 0. The molecular weight excluding hydrogens is 343 g/mol. The fourth-order valence-corrected chi connectivity index (χ4v) is 2.41. The molecule has 2 rings (SSSR count). The van der Waals surface area contributed by atoms with Crippen molar-refractivity contribution in [2.45, 2.75) is 25.7 Å². The Balaban J connectivity index is 1.80. The molecule has 0 saturated carbocycles. The van der Waals surface area contributed by atoms with Crippen LogP contribution in [0.4, 0.5) is 18.9 Å². The van der Waals surface area contributed by atoms with Crippen LogP contribution in [0.3, 0.4) is 0 Å². The van der Waals surface area contributed by atoms with Crippen LogP contribution in [0.1, 0.15) is 11.8 Å². The predicted octanol–water partition coefficient (Wildman–Crippen LogP) is 3.20. The van der Waals surface area contributed by atoms with Crippen LogP contribution in [0.5, 0.6) is 5.88 Å².